The van der Waals surface area contributed by atoms with Crippen molar-refractivity contribution in [3.05, 3.63) is 75.6 Å². The van der Waals surface area contributed by atoms with Crippen LogP contribution in [0.25, 0.3) is 0 Å². The molecule has 0 atom stereocenters. The number of benzene rings is 2. The van der Waals surface area contributed by atoms with E-state index in [1.165, 1.54) is 13.4 Å². The van der Waals surface area contributed by atoms with Crippen LogP contribution < -0.4 is 15.1 Å². The Kier molecular flexibility index (Phi) is 6.55. The van der Waals surface area contributed by atoms with Crippen LogP contribution in [0.15, 0.2) is 54.9 Å². The van der Waals surface area contributed by atoms with E-state index in [0.29, 0.717) is 42.5 Å². The molecule has 1 saturated heterocycles. The summed E-state index contributed by atoms with van der Waals surface area (Å²) in [4.78, 5) is 35.4. The lowest BCUT2D eigenvalue weighted by Gasteiger charge is -2.36. The Morgan fingerprint density at radius 1 is 1.09 bits per heavy atom. The van der Waals surface area contributed by atoms with Crippen LogP contribution in [0.5, 0.6) is 0 Å². The highest BCUT2D eigenvalue weighted by Crippen LogP contribution is 2.34. The maximum Gasteiger partial charge on any atom is 0.353 e. The zero-order valence-corrected chi connectivity index (χ0v) is 18.5. The number of halogens is 1. The van der Waals surface area contributed by atoms with Gasteiger partial charge in [-0.05, 0) is 42.5 Å². The van der Waals surface area contributed by atoms with Crippen molar-refractivity contribution in [3.8, 4) is 0 Å². The van der Waals surface area contributed by atoms with Crippen molar-refractivity contribution in [2.75, 3.05) is 48.4 Å². The first kappa shape index (κ1) is 22.3. The van der Waals surface area contributed by atoms with Crippen LogP contribution in [0.1, 0.15) is 10.4 Å². The normalized spacial score (nSPS) is 13.5. The number of piperazine rings is 1. The van der Waals surface area contributed by atoms with E-state index < -0.39 is 10.9 Å². The molecule has 1 aliphatic heterocycles. The summed E-state index contributed by atoms with van der Waals surface area (Å²) in [5.74, 6) is -0.128. The van der Waals surface area contributed by atoms with Crippen molar-refractivity contribution in [2.45, 2.75) is 0 Å². The lowest BCUT2D eigenvalue weighted by Crippen LogP contribution is -2.47. The fourth-order valence-corrected chi connectivity index (χ4v) is 3.84. The first-order valence-electron chi connectivity index (χ1n) is 10.2. The third-order valence-corrected chi connectivity index (χ3v) is 5.54. The van der Waals surface area contributed by atoms with E-state index in [9.17, 15) is 14.9 Å². The minimum absolute atomic E-state index is 0.0769. The van der Waals surface area contributed by atoms with Gasteiger partial charge in [-0.25, -0.2) is 14.8 Å². The molecule has 4 rings (SSSR count). The van der Waals surface area contributed by atoms with E-state index in [-0.39, 0.29) is 17.3 Å². The Hall–Kier alpha value is -3.92. The second-order valence-electron chi connectivity index (χ2n) is 7.30. The highest BCUT2D eigenvalue weighted by molar-refractivity contribution is 6.30. The lowest BCUT2D eigenvalue weighted by atomic mass is 10.2. The summed E-state index contributed by atoms with van der Waals surface area (Å²) < 4.78 is 4.68. The highest BCUT2D eigenvalue weighted by atomic mass is 35.5. The summed E-state index contributed by atoms with van der Waals surface area (Å²) in [6, 6.07) is 14.0. The molecule has 0 spiro atoms. The Labute approximate surface area is 194 Å². The standard InChI is InChI=1S/C22H21ClN6O4/c1-33-22(30)15-5-7-17(8-6-15)26-20-19(29(31)32)21(25-14-24-20)28-11-9-27(10-12-28)18-4-2-3-16(23)13-18/h2-8,13-14H,9-12H2,1H3,(H,24,25,26). The topological polar surface area (TPSA) is 114 Å². The smallest absolute Gasteiger partial charge is 0.353 e. The Balaban J connectivity index is 1.53. The fourth-order valence-electron chi connectivity index (χ4n) is 3.65. The molecule has 1 aliphatic rings. The molecule has 0 unspecified atom stereocenters. The van der Waals surface area contributed by atoms with Crippen LogP contribution in [0.2, 0.25) is 5.02 Å². The number of esters is 1. The third-order valence-electron chi connectivity index (χ3n) is 5.31. The molecule has 1 fully saturated rings. The Morgan fingerprint density at radius 2 is 1.79 bits per heavy atom. The molecule has 10 nitrogen and oxygen atoms in total. The Morgan fingerprint density at radius 3 is 2.42 bits per heavy atom. The molecule has 2 aromatic carbocycles. The van der Waals surface area contributed by atoms with Crippen molar-refractivity contribution in [1.82, 2.24) is 9.97 Å². The Bertz CT molecular complexity index is 1170. The van der Waals surface area contributed by atoms with Gasteiger partial charge in [-0.1, -0.05) is 17.7 Å². The van der Waals surface area contributed by atoms with Gasteiger partial charge >= 0.3 is 11.7 Å². The SMILES string of the molecule is COC(=O)c1ccc(Nc2ncnc(N3CCN(c4cccc(Cl)c4)CC3)c2[N+](=O)[O-])cc1. The van der Waals surface area contributed by atoms with Gasteiger partial charge in [-0.2, -0.15) is 0 Å². The number of nitrogens with one attached hydrogen (secondary N) is 1. The fraction of sp³-hybridized carbons (Fsp3) is 0.227. The number of nitro groups is 1. The largest absolute Gasteiger partial charge is 0.465 e. The van der Waals surface area contributed by atoms with Crippen molar-refractivity contribution in [2.24, 2.45) is 0 Å². The van der Waals surface area contributed by atoms with Crippen LogP contribution >= 0.6 is 11.6 Å². The first-order chi connectivity index (χ1) is 16.0. The minimum atomic E-state index is -0.482. The van der Waals surface area contributed by atoms with Gasteiger partial charge in [-0.3, -0.25) is 10.1 Å². The molecule has 3 aromatic rings. The van der Waals surface area contributed by atoms with Crippen LogP contribution in [-0.2, 0) is 4.74 Å². The van der Waals surface area contributed by atoms with Crippen molar-refractivity contribution < 1.29 is 14.5 Å². The molecule has 0 saturated carbocycles. The number of methoxy groups -OCH3 is 1. The van der Waals surface area contributed by atoms with Crippen LogP contribution in [0.4, 0.5) is 28.7 Å². The molecule has 2 heterocycles. The van der Waals surface area contributed by atoms with Gasteiger partial charge in [0.25, 0.3) is 0 Å². The molecule has 0 radical (unpaired) electrons. The van der Waals surface area contributed by atoms with Crippen LogP contribution in [0.3, 0.4) is 0 Å². The molecule has 0 bridgehead atoms. The predicted molar refractivity (Wildman–Crippen MR) is 126 cm³/mol. The number of carbonyl (C=O) groups is 1. The number of hydrogen-bond donors (Lipinski definition) is 1. The van der Waals surface area contributed by atoms with Crippen molar-refractivity contribution in [1.29, 1.82) is 0 Å². The van der Waals surface area contributed by atoms with Crippen LogP contribution in [0, 0.1) is 10.1 Å². The summed E-state index contributed by atoms with van der Waals surface area (Å²) >= 11 is 6.10. The maximum absolute atomic E-state index is 12.0. The monoisotopic (exact) mass is 468 g/mol. The average Bonchev–Trinajstić information content (AvgIpc) is 2.84. The number of hydrogen-bond acceptors (Lipinski definition) is 9. The summed E-state index contributed by atoms with van der Waals surface area (Å²) in [5, 5.41) is 15.6. The summed E-state index contributed by atoms with van der Waals surface area (Å²) in [6.07, 6.45) is 1.30. The van der Waals surface area contributed by atoms with Gasteiger partial charge < -0.3 is 19.9 Å². The molecule has 11 heteroatoms. The van der Waals surface area contributed by atoms with E-state index >= 15 is 0 Å². The van der Waals surface area contributed by atoms with E-state index in [1.807, 2.05) is 29.2 Å². The first-order valence-corrected chi connectivity index (χ1v) is 10.5. The maximum atomic E-state index is 12.0. The molecular weight excluding hydrogens is 448 g/mol. The van der Waals surface area contributed by atoms with E-state index in [4.69, 9.17) is 11.6 Å². The lowest BCUT2D eigenvalue weighted by molar-refractivity contribution is -0.383. The second kappa shape index (κ2) is 9.70. The number of rotatable bonds is 6. The zero-order valence-electron chi connectivity index (χ0n) is 17.8. The number of carbonyl (C=O) groups excluding carboxylic acids is 1. The minimum Gasteiger partial charge on any atom is -0.465 e. The highest BCUT2D eigenvalue weighted by Gasteiger charge is 2.29. The van der Waals surface area contributed by atoms with Gasteiger partial charge in [0.15, 0.2) is 0 Å². The number of anilines is 4. The average molecular weight is 469 g/mol. The number of nitrogens with zero attached hydrogens (tertiary/aromatic N) is 5. The predicted octanol–water partition coefficient (Wildman–Crippen LogP) is 3.90. The quantitative estimate of drug-likeness (QED) is 0.327. The molecule has 33 heavy (non-hydrogen) atoms. The second-order valence-corrected chi connectivity index (χ2v) is 7.74. The molecule has 1 N–H and O–H groups in total. The molecule has 1 aromatic heterocycles. The summed E-state index contributed by atoms with van der Waals surface area (Å²) in [7, 11) is 1.30. The van der Waals surface area contributed by atoms with Gasteiger partial charge in [0, 0.05) is 42.6 Å². The molecule has 0 amide bonds. The van der Waals surface area contributed by atoms with Gasteiger partial charge in [0.2, 0.25) is 11.6 Å². The number of aromatic nitrogens is 2. The summed E-state index contributed by atoms with van der Waals surface area (Å²) in [5.41, 5.74) is 1.72. The van der Waals surface area contributed by atoms with E-state index in [1.54, 1.807) is 24.3 Å². The van der Waals surface area contributed by atoms with Gasteiger partial charge in [-0.15, -0.1) is 0 Å². The van der Waals surface area contributed by atoms with Crippen LogP contribution in [-0.4, -0.2) is 54.1 Å². The molecular formula is C22H21ClN6O4. The molecule has 170 valence electrons. The van der Waals surface area contributed by atoms with E-state index in [2.05, 4.69) is 24.9 Å². The van der Waals surface area contributed by atoms with E-state index in [0.717, 1.165) is 5.69 Å². The summed E-state index contributed by atoms with van der Waals surface area (Å²) in [6.45, 7) is 2.44. The number of ether oxygens (including phenoxy) is 1. The van der Waals surface area contributed by atoms with Crippen molar-refractivity contribution in [3.63, 3.8) is 0 Å². The van der Waals surface area contributed by atoms with Gasteiger partial charge in [0.05, 0.1) is 17.6 Å². The molecule has 0 aliphatic carbocycles. The third kappa shape index (κ3) is 4.96. The van der Waals surface area contributed by atoms with Gasteiger partial charge in [0.1, 0.15) is 6.33 Å². The van der Waals surface area contributed by atoms with Crippen molar-refractivity contribution >= 4 is 46.3 Å². The zero-order chi connectivity index (χ0) is 23.4.